The van der Waals surface area contributed by atoms with Crippen molar-refractivity contribution in [3.8, 4) is 0 Å². The molecule has 1 atom stereocenters. The molecule has 1 fully saturated rings. The summed E-state index contributed by atoms with van der Waals surface area (Å²) in [6.45, 7) is 2.39. The normalized spacial score (nSPS) is 16.5. The topological polar surface area (TPSA) is 79.6 Å². The molecule has 152 valence electrons. The van der Waals surface area contributed by atoms with Crippen LogP contribution < -0.4 is 15.8 Å². The molecular formula is C19H19F2N5O2S. The number of hydrogen-bond acceptors (Lipinski definition) is 6. The number of amides is 1. The molecule has 1 aliphatic heterocycles. The lowest BCUT2D eigenvalue weighted by atomic mass is 10.2. The molecule has 1 aromatic carbocycles. The fraction of sp³-hybridized carbons (Fsp3) is 0.368. The van der Waals surface area contributed by atoms with Gasteiger partial charge in [-0.15, -0.1) is 5.10 Å². The van der Waals surface area contributed by atoms with Crippen LogP contribution in [0.5, 0.6) is 0 Å². The van der Waals surface area contributed by atoms with E-state index in [4.69, 9.17) is 0 Å². The van der Waals surface area contributed by atoms with Gasteiger partial charge in [0.1, 0.15) is 11.9 Å². The Kier molecular flexibility index (Phi) is 5.27. The van der Waals surface area contributed by atoms with Gasteiger partial charge in [0.15, 0.2) is 0 Å². The van der Waals surface area contributed by atoms with Crippen LogP contribution in [0.25, 0.3) is 4.96 Å². The van der Waals surface area contributed by atoms with E-state index >= 15 is 0 Å². The third-order valence-electron chi connectivity index (χ3n) is 4.96. The van der Waals surface area contributed by atoms with Crippen LogP contribution in [0, 0.1) is 11.6 Å². The Morgan fingerprint density at radius 1 is 1.34 bits per heavy atom. The number of aromatic nitrogens is 3. The first-order valence-corrected chi connectivity index (χ1v) is 10.2. The fourth-order valence-corrected chi connectivity index (χ4v) is 4.41. The first kappa shape index (κ1) is 19.4. The van der Waals surface area contributed by atoms with Gasteiger partial charge in [-0.1, -0.05) is 36.5 Å². The summed E-state index contributed by atoms with van der Waals surface area (Å²) in [5.41, 5.74) is -0.330. The number of rotatable bonds is 5. The summed E-state index contributed by atoms with van der Waals surface area (Å²) in [4.78, 5) is 31.2. The Labute approximate surface area is 169 Å². The van der Waals surface area contributed by atoms with Gasteiger partial charge in [-0.25, -0.2) is 9.37 Å². The van der Waals surface area contributed by atoms with Crippen molar-refractivity contribution >= 4 is 27.3 Å². The van der Waals surface area contributed by atoms with E-state index in [0.29, 0.717) is 35.0 Å². The van der Waals surface area contributed by atoms with Crippen LogP contribution >= 0.6 is 11.3 Å². The number of aryl methyl sites for hydroxylation is 1. The van der Waals surface area contributed by atoms with Crippen LogP contribution in [-0.2, 0) is 17.8 Å². The first-order chi connectivity index (χ1) is 14.0. The van der Waals surface area contributed by atoms with Gasteiger partial charge >= 0.3 is 5.56 Å². The Hall–Kier alpha value is -2.88. The smallest absolute Gasteiger partial charge is 0.311 e. The molecule has 7 nitrogen and oxygen atoms in total. The molecule has 29 heavy (non-hydrogen) atoms. The summed E-state index contributed by atoms with van der Waals surface area (Å²) < 4.78 is 28.8. The average molecular weight is 419 g/mol. The Morgan fingerprint density at radius 3 is 2.90 bits per heavy atom. The van der Waals surface area contributed by atoms with E-state index in [0.717, 1.165) is 22.3 Å². The van der Waals surface area contributed by atoms with Gasteiger partial charge in [0.25, 0.3) is 0 Å². The molecule has 3 aromatic rings. The predicted molar refractivity (Wildman–Crippen MR) is 105 cm³/mol. The van der Waals surface area contributed by atoms with E-state index < -0.39 is 17.4 Å². The van der Waals surface area contributed by atoms with Crippen molar-refractivity contribution in [1.29, 1.82) is 0 Å². The number of hydrogen-bond donors (Lipinski definition) is 1. The quantitative estimate of drug-likeness (QED) is 0.686. The first-order valence-electron chi connectivity index (χ1n) is 9.35. The fourth-order valence-electron chi connectivity index (χ4n) is 3.42. The molecule has 1 amide bonds. The number of benzene rings is 1. The number of fused-ring (bicyclic) bond motifs is 1. The van der Waals surface area contributed by atoms with Crippen molar-refractivity contribution < 1.29 is 13.6 Å². The van der Waals surface area contributed by atoms with Crippen LogP contribution in [0.3, 0.4) is 0 Å². The maximum absolute atomic E-state index is 14.1. The van der Waals surface area contributed by atoms with E-state index in [2.05, 4.69) is 15.4 Å². The molecule has 1 saturated heterocycles. The largest absolute Gasteiger partial charge is 0.350 e. The summed E-state index contributed by atoms with van der Waals surface area (Å²) in [5, 5.41) is 7.40. The number of halogens is 2. The molecule has 2 aromatic heterocycles. The zero-order valence-corrected chi connectivity index (χ0v) is 16.5. The van der Waals surface area contributed by atoms with Gasteiger partial charge in [-0.3, -0.25) is 9.59 Å². The third kappa shape index (κ3) is 3.59. The molecule has 0 spiro atoms. The second kappa shape index (κ2) is 7.86. The highest BCUT2D eigenvalue weighted by atomic mass is 32.1. The molecule has 10 heteroatoms. The van der Waals surface area contributed by atoms with E-state index in [1.54, 1.807) is 30.0 Å². The van der Waals surface area contributed by atoms with Crippen LogP contribution in [0.4, 0.5) is 13.9 Å². The van der Waals surface area contributed by atoms with E-state index in [-0.39, 0.29) is 24.0 Å². The van der Waals surface area contributed by atoms with Crippen molar-refractivity contribution in [2.45, 2.75) is 38.8 Å². The molecule has 0 radical (unpaired) electrons. The van der Waals surface area contributed by atoms with Crippen molar-refractivity contribution in [2.75, 3.05) is 11.4 Å². The highest BCUT2D eigenvalue weighted by molar-refractivity contribution is 7.20. The lowest BCUT2D eigenvalue weighted by molar-refractivity contribution is -0.122. The van der Waals surface area contributed by atoms with Gasteiger partial charge in [0, 0.05) is 18.7 Å². The van der Waals surface area contributed by atoms with Crippen LogP contribution in [-0.4, -0.2) is 33.1 Å². The van der Waals surface area contributed by atoms with E-state index in [1.165, 1.54) is 6.07 Å². The van der Waals surface area contributed by atoms with Gasteiger partial charge in [-0.05, 0) is 25.3 Å². The minimum absolute atomic E-state index is 0.0851. The lowest BCUT2D eigenvalue weighted by Gasteiger charge is -2.22. The monoisotopic (exact) mass is 419 g/mol. The van der Waals surface area contributed by atoms with Gasteiger partial charge in [0.2, 0.25) is 21.8 Å². The second-order valence-corrected chi connectivity index (χ2v) is 7.71. The Bertz CT molecular complexity index is 1130. The minimum Gasteiger partial charge on any atom is -0.350 e. The van der Waals surface area contributed by atoms with Crippen LogP contribution in [0.1, 0.15) is 31.0 Å². The third-order valence-corrected chi connectivity index (χ3v) is 5.91. The molecule has 0 unspecified atom stereocenters. The van der Waals surface area contributed by atoms with Gasteiger partial charge in [-0.2, -0.15) is 8.91 Å². The van der Waals surface area contributed by atoms with Crippen molar-refractivity contribution in [3.63, 3.8) is 0 Å². The van der Waals surface area contributed by atoms with Gasteiger partial charge in [0.05, 0.1) is 5.69 Å². The molecule has 3 heterocycles. The van der Waals surface area contributed by atoms with Crippen LogP contribution in [0.15, 0.2) is 29.1 Å². The van der Waals surface area contributed by atoms with Gasteiger partial charge < -0.3 is 10.2 Å². The highest BCUT2D eigenvalue weighted by Gasteiger charge is 2.33. The molecular weight excluding hydrogens is 400 g/mol. The second-order valence-electron chi connectivity index (χ2n) is 6.77. The van der Waals surface area contributed by atoms with Crippen molar-refractivity contribution in [1.82, 2.24) is 19.9 Å². The zero-order valence-electron chi connectivity index (χ0n) is 15.7. The summed E-state index contributed by atoms with van der Waals surface area (Å²) in [6.07, 6.45) is 1.68. The summed E-state index contributed by atoms with van der Waals surface area (Å²) in [5.74, 6) is -1.52. The minimum atomic E-state index is -0.901. The van der Waals surface area contributed by atoms with E-state index in [1.807, 2.05) is 0 Å². The highest BCUT2D eigenvalue weighted by Crippen LogP contribution is 2.29. The number of carbonyl (C=O) groups is 1. The number of nitrogens with zero attached hydrogens (tertiary/aromatic N) is 4. The standard InChI is InChI=1S/C19H19F2N5O2S/c1-2-13-15(21)17(28)26-18(23-13)29-19(24-26)25-9-5-8-14(25)16(27)22-10-11-6-3-4-7-12(11)20/h3-4,6-7,14H,2,5,8-10H2,1H3,(H,22,27)/t14-/m1/s1. The average Bonchev–Trinajstić information content (AvgIpc) is 3.36. The Morgan fingerprint density at radius 2 is 2.14 bits per heavy atom. The maximum Gasteiger partial charge on any atom is 0.311 e. The molecule has 0 bridgehead atoms. The Balaban J connectivity index is 1.56. The molecule has 1 aliphatic rings. The summed E-state index contributed by atoms with van der Waals surface area (Å²) in [7, 11) is 0. The molecule has 0 saturated carbocycles. The molecule has 4 rings (SSSR count). The number of nitrogens with one attached hydrogen (secondary N) is 1. The van der Waals surface area contributed by atoms with Crippen LogP contribution in [0.2, 0.25) is 0 Å². The SMILES string of the molecule is CCc1nc2sc(N3CCC[C@@H]3C(=O)NCc3ccccc3F)nn2c(=O)c1F. The number of anilines is 1. The summed E-state index contributed by atoms with van der Waals surface area (Å²) in [6, 6.07) is 5.78. The molecule has 1 N–H and O–H groups in total. The summed E-state index contributed by atoms with van der Waals surface area (Å²) >= 11 is 1.15. The number of carbonyl (C=O) groups excluding carboxylic acids is 1. The molecule has 0 aliphatic carbocycles. The van der Waals surface area contributed by atoms with Crippen molar-refractivity contribution in [2.24, 2.45) is 0 Å². The van der Waals surface area contributed by atoms with E-state index in [9.17, 15) is 18.4 Å². The zero-order chi connectivity index (χ0) is 20.5. The lowest BCUT2D eigenvalue weighted by Crippen LogP contribution is -2.43. The maximum atomic E-state index is 14.1. The predicted octanol–water partition coefficient (Wildman–Crippen LogP) is 2.28. The van der Waals surface area contributed by atoms with Crippen molar-refractivity contribution in [3.05, 3.63) is 57.5 Å².